The Balaban J connectivity index is 1.81. The minimum atomic E-state index is -1.11. The molecule has 3 aromatic carbocycles. The monoisotopic (exact) mass is 453 g/mol. The molecule has 4 rings (SSSR count). The molecule has 1 amide bonds. The summed E-state index contributed by atoms with van der Waals surface area (Å²) >= 11 is 0. The van der Waals surface area contributed by atoms with E-state index in [0.717, 1.165) is 23.3 Å². The van der Waals surface area contributed by atoms with E-state index in [1.807, 2.05) is 19.1 Å². The van der Waals surface area contributed by atoms with Crippen LogP contribution in [0, 0.1) is 37.2 Å². The van der Waals surface area contributed by atoms with E-state index >= 15 is 0 Å². The van der Waals surface area contributed by atoms with E-state index in [9.17, 15) is 27.9 Å². The van der Waals surface area contributed by atoms with Gasteiger partial charge < -0.3 is 10.0 Å². The summed E-state index contributed by atoms with van der Waals surface area (Å²) in [5.41, 5.74) is 4.11. The Morgan fingerprint density at radius 3 is 2.42 bits per heavy atom. The molecule has 0 aliphatic carbocycles. The van der Waals surface area contributed by atoms with Gasteiger partial charge in [0.1, 0.15) is 17.5 Å². The number of aliphatic carboxylic acids is 1. The molecule has 1 N–H and O–H groups in total. The molecule has 3 aromatic rings. The SMILES string of the molecule is Cc1ccc(-c2cc3c(cc2C)N(Cc2ccc(F)cc2F)C(=O)C(CC(=O)O)C3)cc1F. The Morgan fingerprint density at radius 1 is 1.00 bits per heavy atom. The summed E-state index contributed by atoms with van der Waals surface area (Å²) in [7, 11) is 0. The van der Waals surface area contributed by atoms with Crippen molar-refractivity contribution < 1.29 is 27.9 Å². The van der Waals surface area contributed by atoms with E-state index in [4.69, 9.17) is 0 Å². The molecule has 170 valence electrons. The van der Waals surface area contributed by atoms with E-state index in [0.29, 0.717) is 22.4 Å². The van der Waals surface area contributed by atoms with Crippen LogP contribution in [-0.2, 0) is 22.6 Å². The number of aryl methyl sites for hydroxylation is 2. The molecule has 0 spiro atoms. The molecular weight excluding hydrogens is 431 g/mol. The Morgan fingerprint density at radius 2 is 1.76 bits per heavy atom. The molecule has 0 saturated carbocycles. The van der Waals surface area contributed by atoms with E-state index in [2.05, 4.69) is 0 Å². The lowest BCUT2D eigenvalue weighted by Gasteiger charge is -2.35. The highest BCUT2D eigenvalue weighted by molar-refractivity contribution is 6.00. The maximum Gasteiger partial charge on any atom is 0.304 e. The van der Waals surface area contributed by atoms with Gasteiger partial charge >= 0.3 is 5.97 Å². The fraction of sp³-hybridized carbons (Fsp3) is 0.231. The first-order chi connectivity index (χ1) is 15.6. The summed E-state index contributed by atoms with van der Waals surface area (Å²) in [5, 5.41) is 9.30. The first-order valence-corrected chi connectivity index (χ1v) is 10.5. The predicted molar refractivity (Wildman–Crippen MR) is 118 cm³/mol. The van der Waals surface area contributed by atoms with E-state index < -0.39 is 29.4 Å². The first-order valence-electron chi connectivity index (χ1n) is 10.5. The van der Waals surface area contributed by atoms with Crippen LogP contribution in [0.25, 0.3) is 11.1 Å². The lowest BCUT2D eigenvalue weighted by molar-refractivity contribution is -0.140. The van der Waals surface area contributed by atoms with Gasteiger partial charge in [0.25, 0.3) is 0 Å². The number of hydrogen-bond acceptors (Lipinski definition) is 2. The number of halogens is 3. The lowest BCUT2D eigenvalue weighted by atomic mass is 9.85. The van der Waals surface area contributed by atoms with Crippen LogP contribution >= 0.6 is 0 Å². The standard InChI is InChI=1S/C26H22F3NO3/c1-14-3-4-16(10-22(14)28)21-9-18-8-19(11-25(31)32)26(33)30(24(18)7-15(21)2)13-17-5-6-20(27)12-23(17)29/h3-7,9-10,12,19H,8,11,13H2,1-2H3,(H,31,32). The summed E-state index contributed by atoms with van der Waals surface area (Å²) in [6.45, 7) is 3.34. The van der Waals surface area contributed by atoms with Crippen molar-refractivity contribution in [3.8, 4) is 11.1 Å². The number of fused-ring (bicyclic) bond motifs is 1. The van der Waals surface area contributed by atoms with Gasteiger partial charge in [-0.2, -0.15) is 0 Å². The fourth-order valence-electron chi connectivity index (χ4n) is 4.27. The molecular formula is C26H22F3NO3. The number of rotatable bonds is 5. The second-order valence-electron chi connectivity index (χ2n) is 8.42. The van der Waals surface area contributed by atoms with Crippen molar-refractivity contribution in [1.29, 1.82) is 0 Å². The normalized spacial score (nSPS) is 15.5. The van der Waals surface area contributed by atoms with Crippen LogP contribution in [-0.4, -0.2) is 17.0 Å². The molecule has 0 radical (unpaired) electrons. The van der Waals surface area contributed by atoms with Gasteiger partial charge in [0.2, 0.25) is 5.91 Å². The number of hydrogen-bond donors (Lipinski definition) is 1. The second kappa shape index (κ2) is 8.73. The van der Waals surface area contributed by atoms with Gasteiger partial charge in [-0.15, -0.1) is 0 Å². The molecule has 1 aliphatic rings. The van der Waals surface area contributed by atoms with Crippen molar-refractivity contribution in [2.24, 2.45) is 5.92 Å². The molecule has 1 aliphatic heterocycles. The number of nitrogens with zero attached hydrogens (tertiary/aromatic N) is 1. The van der Waals surface area contributed by atoms with Gasteiger partial charge in [-0.1, -0.05) is 18.2 Å². The summed E-state index contributed by atoms with van der Waals surface area (Å²) in [6, 6.07) is 11.7. The molecule has 1 atom stereocenters. The zero-order chi connectivity index (χ0) is 23.9. The molecule has 0 aromatic heterocycles. The van der Waals surface area contributed by atoms with Crippen molar-refractivity contribution >= 4 is 17.6 Å². The zero-order valence-electron chi connectivity index (χ0n) is 18.2. The fourth-order valence-corrected chi connectivity index (χ4v) is 4.27. The summed E-state index contributed by atoms with van der Waals surface area (Å²) < 4.78 is 41.9. The van der Waals surface area contributed by atoms with E-state index in [1.54, 1.807) is 19.1 Å². The lowest BCUT2D eigenvalue weighted by Crippen LogP contribution is -2.42. The second-order valence-corrected chi connectivity index (χ2v) is 8.42. The molecule has 0 fully saturated rings. The van der Waals surface area contributed by atoms with Crippen molar-refractivity contribution in [1.82, 2.24) is 0 Å². The van der Waals surface area contributed by atoms with E-state index in [1.165, 1.54) is 17.0 Å². The molecule has 4 nitrogen and oxygen atoms in total. The number of anilines is 1. The number of benzene rings is 3. The van der Waals surface area contributed by atoms with Gasteiger partial charge in [-0.25, -0.2) is 13.2 Å². The van der Waals surface area contributed by atoms with Gasteiger partial charge in [-0.3, -0.25) is 9.59 Å². The largest absolute Gasteiger partial charge is 0.481 e. The van der Waals surface area contributed by atoms with Crippen molar-refractivity contribution in [3.05, 3.63) is 88.2 Å². The van der Waals surface area contributed by atoms with Crippen molar-refractivity contribution in [2.45, 2.75) is 33.2 Å². The van der Waals surface area contributed by atoms with Crippen LogP contribution < -0.4 is 4.90 Å². The smallest absolute Gasteiger partial charge is 0.304 e. The Kier molecular flexibility index (Phi) is 5.97. The van der Waals surface area contributed by atoms with Crippen LogP contribution in [0.2, 0.25) is 0 Å². The van der Waals surface area contributed by atoms with E-state index in [-0.39, 0.29) is 30.8 Å². The number of carboxylic acid groups (broad SMARTS) is 1. The third kappa shape index (κ3) is 4.49. The quantitative estimate of drug-likeness (QED) is 0.550. The first kappa shape index (κ1) is 22.6. The highest BCUT2D eigenvalue weighted by Crippen LogP contribution is 2.38. The highest BCUT2D eigenvalue weighted by atomic mass is 19.1. The molecule has 0 bridgehead atoms. The topological polar surface area (TPSA) is 57.6 Å². The third-order valence-corrected chi connectivity index (χ3v) is 6.05. The number of carboxylic acids is 1. The maximum atomic E-state index is 14.3. The molecule has 1 unspecified atom stereocenters. The average molecular weight is 453 g/mol. The number of amides is 1. The Hall–Kier alpha value is -3.61. The third-order valence-electron chi connectivity index (χ3n) is 6.05. The van der Waals surface area contributed by atoms with Gasteiger partial charge in [0.05, 0.1) is 18.9 Å². The van der Waals surface area contributed by atoms with Crippen molar-refractivity contribution in [3.63, 3.8) is 0 Å². The average Bonchev–Trinajstić information content (AvgIpc) is 2.74. The molecule has 1 heterocycles. The van der Waals surface area contributed by atoms with Crippen LogP contribution in [0.15, 0.2) is 48.5 Å². The summed E-state index contributed by atoms with van der Waals surface area (Å²) in [5.74, 6) is -4.22. The van der Waals surface area contributed by atoms with Crippen LogP contribution in [0.1, 0.15) is 28.7 Å². The molecule has 0 saturated heterocycles. The van der Waals surface area contributed by atoms with Gasteiger partial charge in [-0.05, 0) is 72.4 Å². The van der Waals surface area contributed by atoms with Crippen LogP contribution in [0.3, 0.4) is 0 Å². The van der Waals surface area contributed by atoms with Crippen molar-refractivity contribution in [2.75, 3.05) is 4.90 Å². The minimum absolute atomic E-state index is 0.119. The maximum absolute atomic E-state index is 14.3. The Bertz CT molecular complexity index is 1270. The minimum Gasteiger partial charge on any atom is -0.481 e. The van der Waals surface area contributed by atoms with Gasteiger partial charge in [0.15, 0.2) is 0 Å². The predicted octanol–water partition coefficient (Wildman–Crippen LogP) is 5.57. The summed E-state index contributed by atoms with van der Waals surface area (Å²) in [4.78, 5) is 25.9. The number of carbonyl (C=O) groups is 2. The number of carbonyl (C=O) groups excluding carboxylic acids is 1. The molecule has 33 heavy (non-hydrogen) atoms. The molecule has 7 heteroatoms. The van der Waals surface area contributed by atoms with Crippen LogP contribution in [0.5, 0.6) is 0 Å². The summed E-state index contributed by atoms with van der Waals surface area (Å²) in [6.07, 6.45) is -0.173. The Labute approximate surface area is 189 Å². The highest BCUT2D eigenvalue weighted by Gasteiger charge is 2.35. The van der Waals surface area contributed by atoms with Crippen LogP contribution in [0.4, 0.5) is 18.9 Å². The van der Waals surface area contributed by atoms with Gasteiger partial charge in [0, 0.05) is 17.3 Å². The zero-order valence-corrected chi connectivity index (χ0v) is 18.2.